The number of fused-ring (bicyclic) bond motifs is 1. The minimum atomic E-state index is 0.581. The van der Waals surface area contributed by atoms with Crippen LogP contribution < -0.4 is 9.46 Å². The average Bonchev–Trinajstić information content (AvgIpc) is 3.20. The molecule has 2 heterocycles. The van der Waals surface area contributed by atoms with Crippen LogP contribution in [0.15, 0.2) is 47.5 Å². The van der Waals surface area contributed by atoms with Crippen molar-refractivity contribution in [1.82, 2.24) is 19.5 Å². The number of piperazine rings is 1. The fraction of sp³-hybridized carbons (Fsp3) is 0.440. The van der Waals surface area contributed by atoms with Crippen molar-refractivity contribution in [2.45, 2.75) is 24.2 Å². The number of aryl methyl sites for hydroxylation is 1. The first-order valence-corrected chi connectivity index (χ1v) is 13.1. The van der Waals surface area contributed by atoms with Crippen molar-refractivity contribution in [3.63, 3.8) is 0 Å². The van der Waals surface area contributed by atoms with E-state index in [9.17, 15) is 0 Å². The fourth-order valence-electron chi connectivity index (χ4n) is 4.02. The maximum Gasteiger partial charge on any atom is 0.119 e. The number of halogens is 2. The highest BCUT2D eigenvalue weighted by molar-refractivity contribution is 7.97. The predicted octanol–water partition coefficient (Wildman–Crippen LogP) is 5.72. The second-order valence-electron chi connectivity index (χ2n) is 8.54. The molecule has 0 bridgehead atoms. The van der Waals surface area contributed by atoms with E-state index < -0.39 is 0 Å². The Balaban J connectivity index is 1.11. The third-order valence-corrected chi connectivity index (χ3v) is 7.61. The van der Waals surface area contributed by atoms with Crippen molar-refractivity contribution >= 4 is 46.1 Å². The van der Waals surface area contributed by atoms with Crippen LogP contribution >= 0.6 is 35.1 Å². The highest BCUT2D eigenvalue weighted by Gasteiger charge is 2.13. The van der Waals surface area contributed by atoms with Crippen molar-refractivity contribution in [3.8, 4) is 5.75 Å². The number of hydrogen-bond acceptors (Lipinski definition) is 5. The van der Waals surface area contributed by atoms with E-state index in [1.807, 2.05) is 18.3 Å². The predicted molar refractivity (Wildman–Crippen MR) is 141 cm³/mol. The third kappa shape index (κ3) is 7.28. The maximum atomic E-state index is 6.18. The summed E-state index contributed by atoms with van der Waals surface area (Å²) in [5, 5.41) is 2.33. The Morgan fingerprint density at radius 1 is 1.03 bits per heavy atom. The van der Waals surface area contributed by atoms with Gasteiger partial charge in [0.2, 0.25) is 0 Å². The first-order chi connectivity index (χ1) is 16.1. The zero-order chi connectivity index (χ0) is 23.0. The Morgan fingerprint density at radius 2 is 1.79 bits per heavy atom. The highest BCUT2D eigenvalue weighted by atomic mass is 35.5. The van der Waals surface area contributed by atoms with Crippen LogP contribution in [-0.4, -0.2) is 67.7 Å². The van der Waals surface area contributed by atoms with E-state index in [1.165, 1.54) is 36.6 Å². The van der Waals surface area contributed by atoms with Gasteiger partial charge in [-0.1, -0.05) is 23.2 Å². The molecular weight excluding hydrogens is 475 g/mol. The zero-order valence-corrected chi connectivity index (χ0v) is 21.4. The summed E-state index contributed by atoms with van der Waals surface area (Å²) in [4.78, 5) is 9.38. The molecule has 0 spiro atoms. The normalized spacial score (nSPS) is 15.4. The van der Waals surface area contributed by atoms with Gasteiger partial charge in [0.25, 0.3) is 0 Å². The van der Waals surface area contributed by atoms with Crippen LogP contribution in [0, 0.1) is 0 Å². The number of likely N-dealkylation sites (N-methyl/N-ethyl adjacent to an activating group) is 1. The molecule has 1 aliphatic rings. The minimum Gasteiger partial charge on any atom is -0.494 e. The van der Waals surface area contributed by atoms with Gasteiger partial charge in [-0.3, -0.25) is 4.72 Å². The van der Waals surface area contributed by atoms with Gasteiger partial charge in [0.1, 0.15) is 5.75 Å². The average molecular weight is 508 g/mol. The lowest BCUT2D eigenvalue weighted by atomic mass is 10.1. The van der Waals surface area contributed by atoms with E-state index in [2.05, 4.69) is 50.8 Å². The number of rotatable bonds is 11. The summed E-state index contributed by atoms with van der Waals surface area (Å²) in [6.45, 7) is 7.47. The molecule has 5 nitrogen and oxygen atoms in total. The molecule has 0 unspecified atom stereocenters. The zero-order valence-electron chi connectivity index (χ0n) is 19.1. The Labute approximate surface area is 210 Å². The minimum absolute atomic E-state index is 0.581. The largest absolute Gasteiger partial charge is 0.494 e. The summed E-state index contributed by atoms with van der Waals surface area (Å²) in [6.07, 6.45) is 5.13. The smallest absolute Gasteiger partial charge is 0.119 e. The second-order valence-corrected chi connectivity index (χ2v) is 10.3. The van der Waals surface area contributed by atoms with Crippen molar-refractivity contribution in [1.29, 1.82) is 0 Å². The van der Waals surface area contributed by atoms with Crippen molar-refractivity contribution in [2.75, 3.05) is 52.9 Å². The first-order valence-electron chi connectivity index (χ1n) is 11.6. The van der Waals surface area contributed by atoms with E-state index in [0.717, 1.165) is 55.6 Å². The van der Waals surface area contributed by atoms with Gasteiger partial charge in [-0.25, -0.2) is 0 Å². The number of ether oxygens (including phenoxy) is 1. The van der Waals surface area contributed by atoms with Crippen LogP contribution in [0.2, 0.25) is 10.0 Å². The van der Waals surface area contributed by atoms with Crippen molar-refractivity contribution in [2.24, 2.45) is 0 Å². The Kier molecular flexibility index (Phi) is 9.24. The molecule has 0 aliphatic carbocycles. The van der Waals surface area contributed by atoms with E-state index in [0.29, 0.717) is 10.0 Å². The van der Waals surface area contributed by atoms with Crippen LogP contribution in [0.1, 0.15) is 18.4 Å². The molecule has 0 saturated carbocycles. The SMILES string of the molecule is CN1CCN(CCCOc2ccc(SNCCCc3c[nH]c4cc(Cl)c(Cl)cc34)cc2)CC1. The monoisotopic (exact) mass is 506 g/mol. The molecule has 8 heteroatoms. The molecular formula is C25H32Cl2N4OS. The second kappa shape index (κ2) is 12.3. The number of nitrogens with zero attached hydrogens (tertiary/aromatic N) is 2. The molecule has 1 aromatic heterocycles. The topological polar surface area (TPSA) is 43.5 Å². The van der Waals surface area contributed by atoms with Gasteiger partial charge in [-0.05, 0) is 80.2 Å². The van der Waals surface area contributed by atoms with Gasteiger partial charge in [0.05, 0.1) is 16.7 Å². The van der Waals surface area contributed by atoms with E-state index in [-0.39, 0.29) is 0 Å². The molecule has 0 atom stereocenters. The lowest BCUT2D eigenvalue weighted by Gasteiger charge is -2.32. The molecule has 1 aliphatic heterocycles. The van der Waals surface area contributed by atoms with Gasteiger partial charge in [-0.15, -0.1) is 0 Å². The number of benzene rings is 2. The van der Waals surface area contributed by atoms with Crippen LogP contribution in [0.4, 0.5) is 0 Å². The Hall–Kier alpha value is -1.41. The lowest BCUT2D eigenvalue weighted by molar-refractivity contribution is 0.145. The van der Waals surface area contributed by atoms with E-state index >= 15 is 0 Å². The molecule has 2 aromatic carbocycles. The summed E-state index contributed by atoms with van der Waals surface area (Å²) >= 11 is 13.9. The van der Waals surface area contributed by atoms with Gasteiger partial charge in [-0.2, -0.15) is 0 Å². The number of H-pyrrole nitrogens is 1. The molecule has 178 valence electrons. The summed E-state index contributed by atoms with van der Waals surface area (Å²) in [5.41, 5.74) is 2.30. The van der Waals surface area contributed by atoms with E-state index in [4.69, 9.17) is 27.9 Å². The molecule has 1 fully saturated rings. The molecule has 3 aromatic rings. The number of nitrogens with one attached hydrogen (secondary N) is 2. The van der Waals surface area contributed by atoms with Gasteiger partial charge >= 0.3 is 0 Å². The standard InChI is InChI=1S/C25H32Cl2N4OS/c1-30-11-13-31(14-12-30)10-3-15-32-20-5-7-21(8-6-20)33-29-9-2-4-19-18-28-25-17-24(27)23(26)16-22(19)25/h5-8,16-18,28-29H,2-4,9-15H2,1H3. The van der Waals surface area contributed by atoms with Gasteiger partial charge in [0, 0.05) is 61.3 Å². The number of hydrogen-bond donors (Lipinski definition) is 2. The van der Waals surface area contributed by atoms with E-state index in [1.54, 1.807) is 11.9 Å². The summed E-state index contributed by atoms with van der Waals surface area (Å²) in [5.74, 6) is 0.941. The van der Waals surface area contributed by atoms with Crippen LogP contribution in [-0.2, 0) is 6.42 Å². The number of aromatic nitrogens is 1. The third-order valence-electron chi connectivity index (χ3n) is 6.03. The highest BCUT2D eigenvalue weighted by Crippen LogP contribution is 2.30. The quantitative estimate of drug-likeness (QED) is 0.257. The fourth-order valence-corrected chi connectivity index (χ4v) is 5.03. The number of aromatic amines is 1. The molecule has 1 saturated heterocycles. The summed E-state index contributed by atoms with van der Waals surface area (Å²) in [7, 11) is 2.19. The molecule has 4 rings (SSSR count). The maximum absolute atomic E-state index is 6.18. The molecule has 0 amide bonds. The molecule has 0 radical (unpaired) electrons. The first kappa shape index (κ1) is 24.7. The Morgan fingerprint density at radius 3 is 2.58 bits per heavy atom. The summed E-state index contributed by atoms with van der Waals surface area (Å²) in [6, 6.07) is 12.2. The van der Waals surface area contributed by atoms with Gasteiger partial charge < -0.3 is 19.5 Å². The van der Waals surface area contributed by atoms with Crippen molar-refractivity contribution in [3.05, 3.63) is 58.2 Å². The Bertz CT molecular complexity index is 1020. The summed E-state index contributed by atoms with van der Waals surface area (Å²) < 4.78 is 9.37. The van der Waals surface area contributed by atoms with Crippen LogP contribution in [0.25, 0.3) is 10.9 Å². The lowest BCUT2D eigenvalue weighted by Crippen LogP contribution is -2.44. The van der Waals surface area contributed by atoms with Crippen LogP contribution in [0.5, 0.6) is 5.75 Å². The molecule has 2 N–H and O–H groups in total. The van der Waals surface area contributed by atoms with Crippen molar-refractivity contribution < 1.29 is 4.74 Å². The van der Waals surface area contributed by atoms with Gasteiger partial charge in [0.15, 0.2) is 0 Å². The van der Waals surface area contributed by atoms with Crippen LogP contribution in [0.3, 0.4) is 0 Å². The molecule has 33 heavy (non-hydrogen) atoms.